The topological polar surface area (TPSA) is 54.3 Å². The summed E-state index contributed by atoms with van der Waals surface area (Å²) in [7, 11) is 3.87. The maximum absolute atomic E-state index is 12.7. The van der Waals surface area contributed by atoms with Gasteiger partial charge in [-0.25, -0.2) is 9.97 Å². The molecular weight excluding hydrogens is 290 g/mol. The summed E-state index contributed by atoms with van der Waals surface area (Å²) in [6.07, 6.45) is 7.58. The number of aromatic nitrogens is 3. The Morgan fingerprint density at radius 2 is 2.13 bits per heavy atom. The van der Waals surface area contributed by atoms with E-state index in [1.807, 2.05) is 55.3 Å². The van der Waals surface area contributed by atoms with Crippen molar-refractivity contribution in [1.29, 1.82) is 0 Å². The number of nitrogens with zero attached hydrogens (tertiary/aromatic N) is 5. The lowest BCUT2D eigenvalue weighted by molar-refractivity contribution is 0.0678. The number of rotatable bonds is 3. The average Bonchev–Trinajstić information content (AvgIpc) is 3.00. The van der Waals surface area contributed by atoms with Crippen molar-refractivity contribution in [2.75, 3.05) is 32.1 Å². The first-order chi connectivity index (χ1) is 11.1. The molecule has 6 nitrogen and oxygen atoms in total. The van der Waals surface area contributed by atoms with E-state index in [4.69, 9.17) is 0 Å². The van der Waals surface area contributed by atoms with Gasteiger partial charge >= 0.3 is 0 Å². The van der Waals surface area contributed by atoms with Crippen molar-refractivity contribution < 1.29 is 4.79 Å². The van der Waals surface area contributed by atoms with Crippen LogP contribution in [0.15, 0.2) is 30.7 Å². The molecule has 1 amide bonds. The molecule has 2 aromatic heterocycles. The molecule has 0 radical (unpaired) electrons. The van der Waals surface area contributed by atoms with Crippen LogP contribution in [-0.4, -0.2) is 52.5 Å². The monoisotopic (exact) mass is 313 g/mol. The summed E-state index contributed by atoms with van der Waals surface area (Å²) < 4.78 is 2.17. The van der Waals surface area contributed by atoms with Crippen LogP contribution in [0.4, 0.5) is 5.82 Å². The van der Waals surface area contributed by atoms with E-state index in [0.29, 0.717) is 11.6 Å². The standard InChI is InChI=1S/C17H23N5O/c1-13-18-8-10-22(13)15-5-4-9-21(12-15)17(23)14-6-7-16(19-11-14)20(2)3/h6-8,10-11,15H,4-5,9,12H2,1-3H3/t15-/m0/s1. The zero-order chi connectivity index (χ0) is 16.4. The van der Waals surface area contributed by atoms with Gasteiger partial charge in [0.1, 0.15) is 11.6 Å². The number of hydrogen-bond acceptors (Lipinski definition) is 4. The average molecular weight is 313 g/mol. The van der Waals surface area contributed by atoms with Crippen LogP contribution in [0.2, 0.25) is 0 Å². The number of pyridine rings is 1. The summed E-state index contributed by atoms with van der Waals surface area (Å²) in [5.41, 5.74) is 0.651. The molecule has 0 N–H and O–H groups in total. The van der Waals surface area contributed by atoms with Gasteiger partial charge in [0.25, 0.3) is 5.91 Å². The van der Waals surface area contributed by atoms with Gasteiger partial charge in [0.05, 0.1) is 11.6 Å². The van der Waals surface area contributed by atoms with Crippen LogP contribution < -0.4 is 4.90 Å². The normalized spacial score (nSPS) is 18.0. The first kappa shape index (κ1) is 15.5. The van der Waals surface area contributed by atoms with Crippen molar-refractivity contribution in [1.82, 2.24) is 19.4 Å². The Labute approximate surface area is 136 Å². The largest absolute Gasteiger partial charge is 0.363 e. The van der Waals surface area contributed by atoms with Gasteiger partial charge < -0.3 is 14.4 Å². The number of carbonyl (C=O) groups excluding carboxylic acids is 1. The van der Waals surface area contributed by atoms with Crippen LogP contribution in [0.1, 0.15) is 35.1 Å². The zero-order valence-corrected chi connectivity index (χ0v) is 13.9. The Kier molecular flexibility index (Phi) is 4.32. The SMILES string of the molecule is Cc1nccn1[C@H]1CCCN(C(=O)c2ccc(N(C)C)nc2)C1. The van der Waals surface area contributed by atoms with Gasteiger partial charge in [0.15, 0.2) is 0 Å². The first-order valence-corrected chi connectivity index (χ1v) is 7.98. The third kappa shape index (κ3) is 3.21. The summed E-state index contributed by atoms with van der Waals surface area (Å²) >= 11 is 0. The van der Waals surface area contributed by atoms with Crippen LogP contribution >= 0.6 is 0 Å². The lowest BCUT2D eigenvalue weighted by Gasteiger charge is -2.34. The lowest BCUT2D eigenvalue weighted by atomic mass is 10.0. The second-order valence-corrected chi connectivity index (χ2v) is 6.23. The number of imidazole rings is 1. The summed E-state index contributed by atoms with van der Waals surface area (Å²) in [5, 5.41) is 0. The Morgan fingerprint density at radius 1 is 1.30 bits per heavy atom. The fourth-order valence-electron chi connectivity index (χ4n) is 3.10. The zero-order valence-electron chi connectivity index (χ0n) is 13.9. The van der Waals surface area contributed by atoms with Crippen molar-refractivity contribution in [3.8, 4) is 0 Å². The van der Waals surface area contributed by atoms with Gasteiger partial charge in [-0.2, -0.15) is 0 Å². The number of piperidine rings is 1. The first-order valence-electron chi connectivity index (χ1n) is 7.98. The van der Waals surface area contributed by atoms with Gasteiger partial charge in [-0.3, -0.25) is 4.79 Å². The van der Waals surface area contributed by atoms with Gasteiger partial charge in [-0.15, -0.1) is 0 Å². The van der Waals surface area contributed by atoms with Crippen LogP contribution in [-0.2, 0) is 0 Å². The second kappa shape index (κ2) is 6.40. The third-order valence-electron chi connectivity index (χ3n) is 4.39. The highest BCUT2D eigenvalue weighted by Gasteiger charge is 2.26. The van der Waals surface area contributed by atoms with Crippen LogP contribution in [0.5, 0.6) is 0 Å². The van der Waals surface area contributed by atoms with Crippen molar-refractivity contribution in [3.05, 3.63) is 42.1 Å². The lowest BCUT2D eigenvalue weighted by Crippen LogP contribution is -2.40. The Morgan fingerprint density at radius 3 is 2.74 bits per heavy atom. The van der Waals surface area contributed by atoms with Crippen LogP contribution in [0.3, 0.4) is 0 Å². The van der Waals surface area contributed by atoms with Gasteiger partial charge in [0.2, 0.25) is 0 Å². The van der Waals surface area contributed by atoms with Crippen molar-refractivity contribution >= 4 is 11.7 Å². The summed E-state index contributed by atoms with van der Waals surface area (Å²) in [4.78, 5) is 25.2. The van der Waals surface area contributed by atoms with E-state index < -0.39 is 0 Å². The van der Waals surface area contributed by atoms with Crippen molar-refractivity contribution in [3.63, 3.8) is 0 Å². The summed E-state index contributed by atoms with van der Waals surface area (Å²) in [6, 6.07) is 4.05. The number of carbonyl (C=O) groups is 1. The number of likely N-dealkylation sites (tertiary alicyclic amines) is 1. The molecular formula is C17H23N5O. The van der Waals surface area contributed by atoms with Gasteiger partial charge in [0, 0.05) is 45.8 Å². The molecule has 0 bridgehead atoms. The molecule has 3 rings (SSSR count). The minimum Gasteiger partial charge on any atom is -0.363 e. The molecule has 6 heteroatoms. The Balaban J connectivity index is 1.73. The molecule has 1 fully saturated rings. The van der Waals surface area contributed by atoms with Crippen molar-refractivity contribution in [2.45, 2.75) is 25.8 Å². The smallest absolute Gasteiger partial charge is 0.255 e. The molecule has 0 aromatic carbocycles. The summed E-state index contributed by atoms with van der Waals surface area (Å²) in [6.45, 7) is 3.54. The molecule has 3 heterocycles. The maximum Gasteiger partial charge on any atom is 0.255 e. The maximum atomic E-state index is 12.7. The van der Waals surface area contributed by atoms with E-state index >= 15 is 0 Å². The molecule has 23 heavy (non-hydrogen) atoms. The molecule has 0 aliphatic carbocycles. The second-order valence-electron chi connectivity index (χ2n) is 6.23. The predicted molar refractivity (Wildman–Crippen MR) is 89.7 cm³/mol. The Bertz CT molecular complexity index is 677. The van der Waals surface area contributed by atoms with E-state index in [2.05, 4.69) is 14.5 Å². The molecule has 1 aliphatic rings. The molecule has 122 valence electrons. The quantitative estimate of drug-likeness (QED) is 0.871. The van der Waals surface area contributed by atoms with E-state index in [1.165, 1.54) is 0 Å². The fraction of sp³-hybridized carbons (Fsp3) is 0.471. The highest BCUT2D eigenvalue weighted by atomic mass is 16.2. The van der Waals surface area contributed by atoms with Gasteiger partial charge in [-0.05, 0) is 31.9 Å². The number of amides is 1. The number of hydrogen-bond donors (Lipinski definition) is 0. The van der Waals surface area contributed by atoms with E-state index in [0.717, 1.165) is 37.6 Å². The molecule has 0 spiro atoms. The third-order valence-corrected chi connectivity index (χ3v) is 4.39. The van der Waals surface area contributed by atoms with Gasteiger partial charge in [-0.1, -0.05) is 0 Å². The van der Waals surface area contributed by atoms with Crippen molar-refractivity contribution in [2.24, 2.45) is 0 Å². The molecule has 1 saturated heterocycles. The van der Waals surface area contributed by atoms with E-state index in [9.17, 15) is 4.79 Å². The van der Waals surface area contributed by atoms with E-state index in [-0.39, 0.29) is 5.91 Å². The molecule has 0 unspecified atom stereocenters. The summed E-state index contributed by atoms with van der Waals surface area (Å²) in [5.74, 6) is 1.92. The highest BCUT2D eigenvalue weighted by molar-refractivity contribution is 5.94. The Hall–Kier alpha value is -2.37. The molecule has 1 aliphatic heterocycles. The number of anilines is 1. The fourth-order valence-corrected chi connectivity index (χ4v) is 3.10. The molecule has 0 saturated carbocycles. The predicted octanol–water partition coefficient (Wildman–Crippen LogP) is 2.13. The molecule has 1 atom stereocenters. The van der Waals surface area contributed by atoms with Crippen LogP contribution in [0.25, 0.3) is 0 Å². The minimum absolute atomic E-state index is 0.0604. The number of aryl methyl sites for hydroxylation is 1. The highest BCUT2D eigenvalue weighted by Crippen LogP contribution is 2.24. The van der Waals surface area contributed by atoms with E-state index in [1.54, 1.807) is 6.20 Å². The van der Waals surface area contributed by atoms with Crippen LogP contribution in [0, 0.1) is 6.92 Å². The molecule has 2 aromatic rings. The minimum atomic E-state index is 0.0604.